The number of hydrogen-bond acceptors (Lipinski definition) is 3. The second-order valence-electron chi connectivity index (χ2n) is 7.73. The minimum absolute atomic E-state index is 0.196. The first-order valence-electron chi connectivity index (χ1n) is 10.6. The highest BCUT2D eigenvalue weighted by atomic mass is 32.2. The van der Waals surface area contributed by atoms with Gasteiger partial charge in [-0.2, -0.15) is 4.31 Å². The van der Waals surface area contributed by atoms with Crippen LogP contribution in [0.15, 0.2) is 83.8 Å². The van der Waals surface area contributed by atoms with Crippen molar-refractivity contribution >= 4 is 21.6 Å². The van der Waals surface area contributed by atoms with Crippen LogP contribution in [0.4, 0.5) is 5.69 Å². The first-order valence-corrected chi connectivity index (χ1v) is 12.0. The topological polar surface area (TPSA) is 66.5 Å². The van der Waals surface area contributed by atoms with E-state index in [9.17, 15) is 13.2 Å². The standard InChI is InChI=1S/C25H26N2O3S/c28-25(24-11-5-4-10-21(24)13-12-20-8-2-1-3-9-20)26-22-14-16-23(17-15-22)31(29,30)27-18-6-7-19-27/h1-5,8-11,14-17H,6-7,12-13,18-19H2,(H,26,28). The molecule has 1 amide bonds. The van der Waals surface area contributed by atoms with Crippen molar-refractivity contribution in [3.63, 3.8) is 0 Å². The molecule has 5 nitrogen and oxygen atoms in total. The fourth-order valence-electron chi connectivity index (χ4n) is 3.87. The van der Waals surface area contributed by atoms with E-state index >= 15 is 0 Å². The third-order valence-corrected chi connectivity index (χ3v) is 7.52. The summed E-state index contributed by atoms with van der Waals surface area (Å²) in [7, 11) is -3.46. The van der Waals surface area contributed by atoms with Gasteiger partial charge in [0.05, 0.1) is 4.90 Å². The zero-order valence-corrected chi connectivity index (χ0v) is 18.1. The molecular weight excluding hydrogens is 408 g/mol. The predicted octanol–water partition coefficient (Wildman–Crippen LogP) is 4.51. The molecule has 1 aliphatic heterocycles. The van der Waals surface area contributed by atoms with Gasteiger partial charge < -0.3 is 5.32 Å². The summed E-state index contributed by atoms with van der Waals surface area (Å²) >= 11 is 0. The molecule has 0 aromatic heterocycles. The van der Waals surface area contributed by atoms with Gasteiger partial charge in [0.15, 0.2) is 0 Å². The van der Waals surface area contributed by atoms with Crippen molar-refractivity contribution in [1.29, 1.82) is 0 Å². The summed E-state index contributed by atoms with van der Waals surface area (Å²) in [6.45, 7) is 1.14. The average Bonchev–Trinajstić information content (AvgIpc) is 3.35. The van der Waals surface area contributed by atoms with Crippen LogP contribution in [0.2, 0.25) is 0 Å². The summed E-state index contributed by atoms with van der Waals surface area (Å²) in [4.78, 5) is 13.2. The molecule has 1 heterocycles. The van der Waals surface area contributed by atoms with Gasteiger partial charge in [-0.15, -0.1) is 0 Å². The number of amides is 1. The van der Waals surface area contributed by atoms with Crippen LogP contribution < -0.4 is 5.32 Å². The largest absolute Gasteiger partial charge is 0.322 e. The molecule has 3 aromatic carbocycles. The highest BCUT2D eigenvalue weighted by Gasteiger charge is 2.27. The van der Waals surface area contributed by atoms with Crippen LogP contribution in [0.3, 0.4) is 0 Å². The van der Waals surface area contributed by atoms with E-state index in [0.717, 1.165) is 31.2 Å². The highest BCUT2D eigenvalue weighted by molar-refractivity contribution is 7.89. The molecule has 160 valence electrons. The Morgan fingerprint density at radius 3 is 2.16 bits per heavy atom. The first-order chi connectivity index (χ1) is 15.0. The molecule has 3 aromatic rings. The van der Waals surface area contributed by atoms with Gasteiger partial charge in [0.1, 0.15) is 0 Å². The molecule has 0 saturated carbocycles. The lowest BCUT2D eigenvalue weighted by molar-refractivity contribution is 0.102. The lowest BCUT2D eigenvalue weighted by atomic mass is 9.99. The van der Waals surface area contributed by atoms with E-state index in [1.54, 1.807) is 24.3 Å². The third kappa shape index (κ3) is 5.03. The van der Waals surface area contributed by atoms with E-state index in [1.807, 2.05) is 42.5 Å². The molecule has 0 radical (unpaired) electrons. The van der Waals surface area contributed by atoms with E-state index in [2.05, 4.69) is 17.4 Å². The Kier molecular flexibility index (Phi) is 6.49. The molecule has 6 heteroatoms. The lowest BCUT2D eigenvalue weighted by Gasteiger charge is -2.16. The van der Waals surface area contributed by atoms with Gasteiger partial charge in [-0.1, -0.05) is 48.5 Å². The second kappa shape index (κ2) is 9.45. The quantitative estimate of drug-likeness (QED) is 0.595. The lowest BCUT2D eigenvalue weighted by Crippen LogP contribution is -2.27. The Morgan fingerprint density at radius 2 is 1.45 bits per heavy atom. The van der Waals surface area contributed by atoms with Crippen molar-refractivity contribution < 1.29 is 13.2 Å². The van der Waals surface area contributed by atoms with Gasteiger partial charge in [-0.25, -0.2) is 8.42 Å². The number of sulfonamides is 1. The van der Waals surface area contributed by atoms with Crippen LogP contribution in [0.25, 0.3) is 0 Å². The molecule has 1 N–H and O–H groups in total. The van der Waals surface area contributed by atoms with E-state index < -0.39 is 10.0 Å². The van der Waals surface area contributed by atoms with E-state index in [4.69, 9.17) is 0 Å². The van der Waals surface area contributed by atoms with Crippen molar-refractivity contribution in [3.8, 4) is 0 Å². The number of aryl methyl sites for hydroxylation is 2. The van der Waals surface area contributed by atoms with Crippen LogP contribution in [0, 0.1) is 0 Å². The molecular formula is C25H26N2O3S. The van der Waals surface area contributed by atoms with E-state index in [-0.39, 0.29) is 10.8 Å². The number of nitrogens with zero attached hydrogens (tertiary/aromatic N) is 1. The summed E-state index contributed by atoms with van der Waals surface area (Å²) < 4.78 is 26.8. The Bertz CT molecular complexity index is 1140. The molecule has 0 atom stereocenters. The SMILES string of the molecule is O=C(Nc1ccc(S(=O)(=O)N2CCCC2)cc1)c1ccccc1CCc1ccccc1. The van der Waals surface area contributed by atoms with E-state index in [1.165, 1.54) is 9.87 Å². The van der Waals surface area contributed by atoms with Crippen LogP contribution in [-0.4, -0.2) is 31.7 Å². The summed E-state index contributed by atoms with van der Waals surface area (Å²) in [6, 6.07) is 24.2. The summed E-state index contributed by atoms with van der Waals surface area (Å²) in [5.41, 5.74) is 3.42. The molecule has 0 unspecified atom stereocenters. The monoisotopic (exact) mass is 434 g/mol. The van der Waals surface area contributed by atoms with Crippen molar-refractivity contribution in [2.75, 3.05) is 18.4 Å². The molecule has 0 bridgehead atoms. The molecule has 0 spiro atoms. The molecule has 1 saturated heterocycles. The Balaban J connectivity index is 1.45. The van der Waals surface area contributed by atoms with Crippen molar-refractivity contribution in [2.24, 2.45) is 0 Å². The molecule has 1 aliphatic rings. The van der Waals surface area contributed by atoms with Gasteiger partial charge in [-0.3, -0.25) is 4.79 Å². The van der Waals surface area contributed by atoms with Crippen LogP contribution >= 0.6 is 0 Å². The van der Waals surface area contributed by atoms with Gasteiger partial charge in [0.2, 0.25) is 10.0 Å². The Morgan fingerprint density at radius 1 is 0.806 bits per heavy atom. The third-order valence-electron chi connectivity index (χ3n) is 5.60. The number of hydrogen-bond donors (Lipinski definition) is 1. The number of nitrogens with one attached hydrogen (secondary N) is 1. The van der Waals surface area contributed by atoms with E-state index in [0.29, 0.717) is 24.3 Å². The Hall–Kier alpha value is -2.96. The summed E-state index contributed by atoms with van der Waals surface area (Å²) in [6.07, 6.45) is 3.42. The Labute approximate surface area is 183 Å². The number of carbonyl (C=O) groups excluding carboxylic acids is 1. The highest BCUT2D eigenvalue weighted by Crippen LogP contribution is 2.23. The van der Waals surface area contributed by atoms with Gasteiger partial charge in [0, 0.05) is 24.3 Å². The minimum Gasteiger partial charge on any atom is -0.322 e. The zero-order valence-electron chi connectivity index (χ0n) is 17.3. The van der Waals surface area contributed by atoms with Crippen molar-refractivity contribution in [1.82, 2.24) is 4.31 Å². The van der Waals surface area contributed by atoms with Crippen molar-refractivity contribution in [3.05, 3.63) is 95.6 Å². The molecule has 31 heavy (non-hydrogen) atoms. The van der Waals surface area contributed by atoms with Gasteiger partial charge in [0.25, 0.3) is 5.91 Å². The normalized spacial score (nSPS) is 14.5. The first kappa shape index (κ1) is 21.3. The van der Waals surface area contributed by atoms with Crippen molar-refractivity contribution in [2.45, 2.75) is 30.6 Å². The average molecular weight is 435 g/mol. The smallest absolute Gasteiger partial charge is 0.255 e. The number of benzene rings is 3. The van der Waals surface area contributed by atoms with Crippen LogP contribution in [0.1, 0.15) is 34.3 Å². The number of carbonyl (C=O) groups is 1. The predicted molar refractivity (Wildman–Crippen MR) is 123 cm³/mol. The van der Waals surface area contributed by atoms with Gasteiger partial charge >= 0.3 is 0 Å². The summed E-state index contributed by atoms with van der Waals surface area (Å²) in [5.74, 6) is -0.196. The fourth-order valence-corrected chi connectivity index (χ4v) is 5.39. The number of anilines is 1. The van der Waals surface area contributed by atoms with Crippen LogP contribution in [-0.2, 0) is 22.9 Å². The molecule has 0 aliphatic carbocycles. The molecule has 4 rings (SSSR count). The zero-order chi connectivity index (χ0) is 21.7. The fraction of sp³-hybridized carbons (Fsp3) is 0.240. The second-order valence-corrected chi connectivity index (χ2v) is 9.67. The maximum Gasteiger partial charge on any atom is 0.255 e. The molecule has 1 fully saturated rings. The maximum absolute atomic E-state index is 12.9. The summed E-state index contributed by atoms with van der Waals surface area (Å²) in [5, 5.41) is 2.90. The maximum atomic E-state index is 12.9. The minimum atomic E-state index is -3.46. The van der Waals surface area contributed by atoms with Gasteiger partial charge in [-0.05, 0) is 67.1 Å². The van der Waals surface area contributed by atoms with Crippen LogP contribution in [0.5, 0.6) is 0 Å². The number of rotatable bonds is 7.